The standard InChI is InChI=1S/C6H8ClN3O2S2/c1-3-14(2,12)10-4(11)5-8-9-6(7)13-5/h3H2,1-2H3. The molecule has 8 heteroatoms. The van der Waals surface area contributed by atoms with Crippen LogP contribution in [0.3, 0.4) is 0 Å². The predicted octanol–water partition coefficient (Wildman–Crippen LogP) is 1.45. The number of hydrogen-bond donors (Lipinski definition) is 0. The lowest BCUT2D eigenvalue weighted by Gasteiger charge is -1.95. The van der Waals surface area contributed by atoms with Crippen LogP contribution < -0.4 is 0 Å². The first-order valence-corrected chi connectivity index (χ1v) is 6.96. The molecule has 0 radical (unpaired) electrons. The Morgan fingerprint density at radius 1 is 1.64 bits per heavy atom. The summed E-state index contributed by atoms with van der Waals surface area (Å²) in [5.41, 5.74) is 0. The number of rotatable bonds is 2. The van der Waals surface area contributed by atoms with Gasteiger partial charge in [0, 0.05) is 12.0 Å². The Kier molecular flexibility index (Phi) is 3.57. The largest absolute Gasteiger partial charge is 0.316 e. The van der Waals surface area contributed by atoms with E-state index >= 15 is 0 Å². The Morgan fingerprint density at radius 3 is 2.71 bits per heavy atom. The molecule has 1 heterocycles. The van der Waals surface area contributed by atoms with Gasteiger partial charge in [-0.05, 0) is 11.6 Å². The highest BCUT2D eigenvalue weighted by Crippen LogP contribution is 2.15. The minimum absolute atomic E-state index is 0.0676. The van der Waals surface area contributed by atoms with Crippen molar-refractivity contribution in [3.8, 4) is 0 Å². The Balaban J connectivity index is 2.99. The van der Waals surface area contributed by atoms with Gasteiger partial charge in [-0.2, -0.15) is 4.36 Å². The second-order valence-electron chi connectivity index (χ2n) is 2.50. The van der Waals surface area contributed by atoms with Crippen molar-refractivity contribution in [2.24, 2.45) is 4.36 Å². The summed E-state index contributed by atoms with van der Waals surface area (Å²) >= 11 is 6.41. The number of hydrogen-bond acceptors (Lipinski definition) is 5. The van der Waals surface area contributed by atoms with Crippen molar-refractivity contribution in [2.45, 2.75) is 6.92 Å². The third-order valence-electron chi connectivity index (χ3n) is 1.39. The highest BCUT2D eigenvalue weighted by Gasteiger charge is 2.12. The van der Waals surface area contributed by atoms with Crippen LogP contribution in [-0.4, -0.2) is 32.3 Å². The lowest BCUT2D eigenvalue weighted by Crippen LogP contribution is -2.04. The molecule has 0 saturated heterocycles. The third-order valence-corrected chi connectivity index (χ3v) is 4.02. The summed E-state index contributed by atoms with van der Waals surface area (Å²) in [6.45, 7) is 1.70. The Hall–Kier alpha value is -0.530. The van der Waals surface area contributed by atoms with Crippen LogP contribution >= 0.6 is 22.9 Å². The number of nitrogens with zero attached hydrogens (tertiary/aromatic N) is 3. The predicted molar refractivity (Wildman–Crippen MR) is 56.3 cm³/mol. The van der Waals surface area contributed by atoms with E-state index in [2.05, 4.69) is 14.6 Å². The minimum Gasteiger partial charge on any atom is -0.263 e. The summed E-state index contributed by atoms with van der Waals surface area (Å²) in [6, 6.07) is 0. The van der Waals surface area contributed by atoms with E-state index in [1.807, 2.05) is 0 Å². The van der Waals surface area contributed by atoms with Crippen LogP contribution in [0.5, 0.6) is 0 Å². The van der Waals surface area contributed by atoms with Crippen LogP contribution in [0.1, 0.15) is 16.7 Å². The van der Waals surface area contributed by atoms with E-state index in [0.29, 0.717) is 5.75 Å². The molecule has 0 bridgehead atoms. The van der Waals surface area contributed by atoms with E-state index in [-0.39, 0.29) is 9.47 Å². The maximum Gasteiger partial charge on any atom is 0.316 e. The van der Waals surface area contributed by atoms with Crippen LogP contribution in [0, 0.1) is 0 Å². The summed E-state index contributed by atoms with van der Waals surface area (Å²) in [6.07, 6.45) is 1.42. The fraction of sp³-hybridized carbons (Fsp3) is 0.500. The number of carbonyl (C=O) groups excluding carboxylic acids is 1. The number of carbonyl (C=O) groups is 1. The maximum absolute atomic E-state index is 11.5. The number of amides is 1. The monoisotopic (exact) mass is 253 g/mol. The van der Waals surface area contributed by atoms with Gasteiger partial charge in [0.25, 0.3) is 0 Å². The van der Waals surface area contributed by atoms with Crippen LogP contribution in [0.4, 0.5) is 0 Å². The van der Waals surface area contributed by atoms with Crippen molar-refractivity contribution in [1.29, 1.82) is 0 Å². The molecule has 1 aromatic rings. The van der Waals surface area contributed by atoms with Gasteiger partial charge in [0.15, 0.2) is 0 Å². The lowest BCUT2D eigenvalue weighted by atomic mass is 10.7. The molecule has 1 rings (SSSR count). The fourth-order valence-electron chi connectivity index (χ4n) is 0.571. The third kappa shape index (κ3) is 3.00. The van der Waals surface area contributed by atoms with Crippen LogP contribution in [0.25, 0.3) is 0 Å². The van der Waals surface area contributed by atoms with Crippen molar-refractivity contribution in [3.63, 3.8) is 0 Å². The smallest absolute Gasteiger partial charge is 0.263 e. The molecule has 5 nitrogen and oxygen atoms in total. The summed E-state index contributed by atoms with van der Waals surface area (Å²) in [7, 11) is -2.44. The molecule has 0 aromatic carbocycles. The number of halogens is 1. The summed E-state index contributed by atoms with van der Waals surface area (Å²) in [5.74, 6) is -0.297. The fourth-order valence-corrected chi connectivity index (χ4v) is 1.91. The van der Waals surface area contributed by atoms with Gasteiger partial charge < -0.3 is 0 Å². The number of aromatic nitrogens is 2. The van der Waals surface area contributed by atoms with Crippen LogP contribution in [0.15, 0.2) is 4.36 Å². The molecule has 0 fully saturated rings. The summed E-state index contributed by atoms with van der Waals surface area (Å²) in [5, 5.41) is 7.02. The van der Waals surface area contributed by atoms with E-state index in [0.717, 1.165) is 11.3 Å². The SMILES string of the molecule is CCS(C)(=O)=NC(=O)c1nnc(Cl)s1. The topological polar surface area (TPSA) is 72.3 Å². The van der Waals surface area contributed by atoms with Gasteiger partial charge in [-0.1, -0.05) is 18.3 Å². The molecular weight excluding hydrogens is 246 g/mol. The normalized spacial score (nSPS) is 14.8. The molecule has 0 spiro atoms. The quantitative estimate of drug-likeness (QED) is 0.800. The second-order valence-corrected chi connectivity index (χ2v) is 6.74. The van der Waals surface area contributed by atoms with Gasteiger partial charge in [0.05, 0.1) is 9.73 Å². The minimum atomic E-state index is -2.44. The zero-order valence-electron chi connectivity index (χ0n) is 7.56. The average molecular weight is 254 g/mol. The molecule has 0 N–H and O–H groups in total. The van der Waals surface area contributed by atoms with Crippen LogP contribution in [0.2, 0.25) is 4.47 Å². The van der Waals surface area contributed by atoms with Gasteiger partial charge in [0.1, 0.15) is 0 Å². The van der Waals surface area contributed by atoms with E-state index < -0.39 is 15.6 Å². The van der Waals surface area contributed by atoms with Gasteiger partial charge in [0.2, 0.25) is 9.47 Å². The molecule has 1 unspecified atom stereocenters. The molecule has 1 atom stereocenters. The first-order valence-electron chi connectivity index (χ1n) is 3.68. The Morgan fingerprint density at radius 2 is 2.29 bits per heavy atom. The van der Waals surface area contributed by atoms with E-state index in [4.69, 9.17) is 11.6 Å². The second kappa shape index (κ2) is 4.33. The molecular formula is C6H8ClN3O2S2. The van der Waals surface area contributed by atoms with Gasteiger partial charge in [-0.3, -0.25) is 4.79 Å². The molecule has 1 amide bonds. The van der Waals surface area contributed by atoms with Gasteiger partial charge >= 0.3 is 5.91 Å². The Bertz CT molecular complexity index is 461. The first kappa shape index (κ1) is 11.5. The van der Waals surface area contributed by atoms with E-state index in [1.165, 1.54) is 6.26 Å². The van der Waals surface area contributed by atoms with Crippen molar-refractivity contribution < 1.29 is 9.00 Å². The highest BCUT2D eigenvalue weighted by atomic mass is 35.5. The summed E-state index contributed by atoms with van der Waals surface area (Å²) < 4.78 is 15.2. The maximum atomic E-state index is 11.5. The molecule has 78 valence electrons. The van der Waals surface area contributed by atoms with Crippen molar-refractivity contribution >= 4 is 38.6 Å². The van der Waals surface area contributed by atoms with Crippen molar-refractivity contribution in [1.82, 2.24) is 10.2 Å². The molecule has 0 aliphatic carbocycles. The zero-order chi connectivity index (χ0) is 10.8. The van der Waals surface area contributed by atoms with Gasteiger partial charge in [-0.25, -0.2) is 4.21 Å². The zero-order valence-corrected chi connectivity index (χ0v) is 9.95. The molecule has 1 aromatic heterocycles. The van der Waals surface area contributed by atoms with E-state index in [9.17, 15) is 9.00 Å². The lowest BCUT2D eigenvalue weighted by molar-refractivity contribution is 0.100. The van der Waals surface area contributed by atoms with Gasteiger partial charge in [-0.15, -0.1) is 10.2 Å². The van der Waals surface area contributed by atoms with Crippen molar-refractivity contribution in [3.05, 3.63) is 9.47 Å². The Labute approximate surface area is 90.7 Å². The average Bonchev–Trinajstić information content (AvgIpc) is 2.51. The molecule has 14 heavy (non-hydrogen) atoms. The first-order chi connectivity index (χ1) is 6.44. The summed E-state index contributed by atoms with van der Waals surface area (Å²) in [4.78, 5) is 11.3. The van der Waals surface area contributed by atoms with Crippen LogP contribution in [-0.2, 0) is 9.73 Å². The van der Waals surface area contributed by atoms with E-state index in [1.54, 1.807) is 6.92 Å². The highest BCUT2D eigenvalue weighted by molar-refractivity contribution is 7.93. The molecule has 0 aliphatic rings. The van der Waals surface area contributed by atoms with Crippen molar-refractivity contribution in [2.75, 3.05) is 12.0 Å². The molecule has 0 aliphatic heterocycles. The molecule has 0 saturated carbocycles.